The molecule has 0 saturated heterocycles. The van der Waals surface area contributed by atoms with Crippen LogP contribution in [0.3, 0.4) is 0 Å². The highest BCUT2D eigenvalue weighted by Gasteiger charge is 2.39. The van der Waals surface area contributed by atoms with Crippen LogP contribution in [-0.4, -0.2) is 72.1 Å². The second kappa shape index (κ2) is 13.1. The fourth-order valence-electron chi connectivity index (χ4n) is 4.88. The third-order valence-electron chi connectivity index (χ3n) is 7.60. The van der Waals surface area contributed by atoms with Gasteiger partial charge in [-0.3, -0.25) is 14.4 Å². The van der Waals surface area contributed by atoms with Gasteiger partial charge in [-0.2, -0.15) is 0 Å². The predicted octanol–water partition coefficient (Wildman–Crippen LogP) is 2.30. The highest BCUT2D eigenvalue weighted by molar-refractivity contribution is 5.93. The van der Waals surface area contributed by atoms with Crippen molar-refractivity contribution in [3.8, 4) is 11.5 Å². The number of carbonyl (C=O) groups excluding carboxylic acids is 3. The molecule has 2 aromatic rings. The Morgan fingerprint density at radius 2 is 1.82 bits per heavy atom. The second-order valence-corrected chi connectivity index (χ2v) is 10.8. The van der Waals surface area contributed by atoms with Gasteiger partial charge in [-0.15, -0.1) is 0 Å². The third-order valence-corrected chi connectivity index (χ3v) is 7.60. The number of nitrogens with zero attached hydrogens (tertiary/aromatic N) is 1. The summed E-state index contributed by atoms with van der Waals surface area (Å²) in [4.78, 5) is 41.4. The highest BCUT2D eigenvalue weighted by Crippen LogP contribution is 2.33. The van der Waals surface area contributed by atoms with Gasteiger partial charge in [0.1, 0.15) is 23.9 Å². The first-order chi connectivity index (χ1) is 19.1. The molecule has 2 aliphatic rings. The van der Waals surface area contributed by atoms with Gasteiger partial charge in [-0.1, -0.05) is 24.3 Å². The van der Waals surface area contributed by atoms with Crippen LogP contribution in [0.4, 0.5) is 4.39 Å². The van der Waals surface area contributed by atoms with E-state index in [2.05, 4.69) is 16.0 Å². The van der Waals surface area contributed by atoms with E-state index in [1.807, 2.05) is 31.2 Å². The summed E-state index contributed by atoms with van der Waals surface area (Å²) in [5.74, 6) is -1.44. The molecular weight excluding hydrogens is 515 g/mol. The molecule has 3 amide bonds. The number of hydrogen-bond acceptors (Lipinski definition) is 6. The Morgan fingerprint density at radius 1 is 1.07 bits per heavy atom. The molecular formula is C30H39FN4O5. The minimum Gasteiger partial charge on any atom is -0.505 e. The smallest absolute Gasteiger partial charge is 0.243 e. The van der Waals surface area contributed by atoms with E-state index >= 15 is 0 Å². The number of ether oxygens (including phenoxy) is 1. The van der Waals surface area contributed by atoms with E-state index in [1.54, 1.807) is 14.0 Å². The minimum absolute atomic E-state index is 0.0139. The lowest BCUT2D eigenvalue weighted by Gasteiger charge is -2.31. The standard InChI is InChI=1S/C30H39FN4O5/c1-18-17-33-27(22-11-12-22)30(39)35(3)19(2)28(37)34-24(16-20-10-13-25(36)23(31)15-20)29(38)32-14-6-8-21-7-4-5-9-26(21)40-18/h4-5,7,9-10,13,15,18-19,22,24,27,33,36H,6,8,11-12,14,16-17H2,1-3H3,(H,32,38)(H,34,37)/t18-,19-,24-,27+/m1/s1. The molecule has 1 saturated carbocycles. The van der Waals surface area contributed by atoms with Crippen molar-refractivity contribution in [1.82, 2.24) is 20.9 Å². The molecule has 1 heterocycles. The van der Waals surface area contributed by atoms with Gasteiger partial charge in [0.25, 0.3) is 0 Å². The number of phenolic OH excluding ortho intramolecular Hbond substituents is 1. The number of rotatable bonds is 3. The van der Waals surface area contributed by atoms with Crippen LogP contribution in [0.5, 0.6) is 11.5 Å². The van der Waals surface area contributed by atoms with Gasteiger partial charge in [-0.05, 0) is 74.8 Å². The van der Waals surface area contributed by atoms with Gasteiger partial charge in [-0.25, -0.2) is 4.39 Å². The molecule has 1 fully saturated rings. The van der Waals surface area contributed by atoms with Crippen LogP contribution < -0.4 is 20.7 Å². The Kier molecular flexibility index (Phi) is 9.63. The number of fused-ring (bicyclic) bond motifs is 1. The van der Waals surface area contributed by atoms with Crippen LogP contribution in [0, 0.1) is 11.7 Å². The van der Waals surface area contributed by atoms with Crippen molar-refractivity contribution in [3.05, 3.63) is 59.4 Å². The minimum atomic E-state index is -1.00. The summed E-state index contributed by atoms with van der Waals surface area (Å²) < 4.78 is 20.2. The summed E-state index contributed by atoms with van der Waals surface area (Å²) in [6.45, 7) is 4.40. The normalized spacial score (nSPS) is 25.6. The van der Waals surface area contributed by atoms with Crippen LogP contribution in [0.25, 0.3) is 0 Å². The van der Waals surface area contributed by atoms with Gasteiger partial charge < -0.3 is 30.7 Å². The summed E-state index contributed by atoms with van der Waals surface area (Å²) in [5.41, 5.74) is 1.45. The van der Waals surface area contributed by atoms with Crippen LogP contribution in [0.1, 0.15) is 44.2 Å². The molecule has 2 aromatic carbocycles. The molecule has 10 heteroatoms. The molecule has 216 valence electrons. The average molecular weight is 555 g/mol. The van der Waals surface area contributed by atoms with E-state index < -0.39 is 41.5 Å². The fraction of sp³-hybridized carbons (Fsp3) is 0.500. The lowest BCUT2D eigenvalue weighted by atomic mass is 10.0. The number of amides is 3. The van der Waals surface area contributed by atoms with E-state index in [0.717, 1.165) is 30.2 Å². The van der Waals surface area contributed by atoms with Crippen LogP contribution >= 0.6 is 0 Å². The van der Waals surface area contributed by atoms with E-state index in [-0.39, 0.29) is 24.3 Å². The number of aryl methyl sites for hydroxylation is 1. The van der Waals surface area contributed by atoms with E-state index in [1.165, 1.54) is 17.0 Å². The molecule has 0 bridgehead atoms. The fourth-order valence-corrected chi connectivity index (χ4v) is 4.88. The van der Waals surface area contributed by atoms with Crippen LogP contribution in [0.2, 0.25) is 0 Å². The number of halogens is 1. The Balaban J connectivity index is 1.57. The van der Waals surface area contributed by atoms with Crippen molar-refractivity contribution >= 4 is 17.7 Å². The molecule has 1 aliphatic heterocycles. The van der Waals surface area contributed by atoms with Crippen molar-refractivity contribution in [2.75, 3.05) is 20.1 Å². The van der Waals surface area contributed by atoms with Crippen LogP contribution in [-0.2, 0) is 27.2 Å². The van der Waals surface area contributed by atoms with Crippen molar-refractivity contribution in [2.45, 2.75) is 70.2 Å². The quantitative estimate of drug-likeness (QED) is 0.462. The van der Waals surface area contributed by atoms with E-state index in [4.69, 9.17) is 4.74 Å². The van der Waals surface area contributed by atoms with Crippen molar-refractivity contribution < 1.29 is 28.6 Å². The van der Waals surface area contributed by atoms with Crippen LogP contribution in [0.15, 0.2) is 42.5 Å². The Morgan fingerprint density at radius 3 is 2.55 bits per heavy atom. The zero-order chi connectivity index (χ0) is 28.8. The zero-order valence-electron chi connectivity index (χ0n) is 23.3. The monoisotopic (exact) mass is 554 g/mol. The molecule has 0 unspecified atom stereocenters. The first kappa shape index (κ1) is 29.3. The molecule has 0 radical (unpaired) electrons. The van der Waals surface area contributed by atoms with Gasteiger partial charge in [0.15, 0.2) is 11.6 Å². The number of benzene rings is 2. The van der Waals surface area contributed by atoms with Crippen molar-refractivity contribution in [1.29, 1.82) is 0 Å². The van der Waals surface area contributed by atoms with Gasteiger partial charge in [0.05, 0.1) is 6.04 Å². The lowest BCUT2D eigenvalue weighted by Crippen LogP contribution is -2.57. The second-order valence-electron chi connectivity index (χ2n) is 10.8. The van der Waals surface area contributed by atoms with Gasteiger partial charge in [0.2, 0.25) is 17.7 Å². The molecule has 40 heavy (non-hydrogen) atoms. The maximum Gasteiger partial charge on any atom is 0.243 e. The number of carbonyl (C=O) groups is 3. The SMILES string of the molecule is C[C@@H]1CN[C@@H](C2CC2)C(=O)N(C)[C@H](C)C(=O)N[C@H](Cc2ccc(O)c(F)c2)C(=O)NCCCc2ccccc2O1. The highest BCUT2D eigenvalue weighted by atomic mass is 19.1. The molecule has 1 aliphatic carbocycles. The number of hydrogen-bond donors (Lipinski definition) is 4. The molecule has 9 nitrogen and oxygen atoms in total. The summed E-state index contributed by atoms with van der Waals surface area (Å²) in [6, 6.07) is 9.34. The Labute approximate surface area is 234 Å². The number of nitrogens with one attached hydrogen (secondary N) is 3. The number of likely N-dealkylation sites (N-methyl/N-ethyl adjacent to an activating group) is 1. The number of para-hydroxylation sites is 1. The van der Waals surface area contributed by atoms with E-state index in [0.29, 0.717) is 31.5 Å². The maximum atomic E-state index is 14.0. The molecule has 0 spiro atoms. The molecule has 4 atom stereocenters. The van der Waals surface area contributed by atoms with Gasteiger partial charge >= 0.3 is 0 Å². The third kappa shape index (κ3) is 7.50. The number of aromatic hydroxyl groups is 1. The first-order valence-corrected chi connectivity index (χ1v) is 13.9. The maximum absolute atomic E-state index is 14.0. The molecule has 0 aromatic heterocycles. The van der Waals surface area contributed by atoms with Gasteiger partial charge in [0, 0.05) is 26.6 Å². The van der Waals surface area contributed by atoms with Crippen molar-refractivity contribution in [3.63, 3.8) is 0 Å². The summed E-state index contributed by atoms with van der Waals surface area (Å²) >= 11 is 0. The molecule has 4 rings (SSSR count). The zero-order valence-corrected chi connectivity index (χ0v) is 23.3. The summed E-state index contributed by atoms with van der Waals surface area (Å²) in [5, 5.41) is 18.6. The lowest BCUT2D eigenvalue weighted by molar-refractivity contribution is -0.141. The molecule has 4 N–H and O–H groups in total. The van der Waals surface area contributed by atoms with E-state index in [9.17, 15) is 23.9 Å². The number of phenols is 1. The predicted molar refractivity (Wildman–Crippen MR) is 148 cm³/mol. The first-order valence-electron chi connectivity index (χ1n) is 13.9. The van der Waals surface area contributed by atoms with Crippen molar-refractivity contribution in [2.24, 2.45) is 5.92 Å². The summed E-state index contributed by atoms with van der Waals surface area (Å²) in [7, 11) is 1.59. The Hall–Kier alpha value is -3.66. The average Bonchev–Trinajstić information content (AvgIpc) is 3.77. The topological polar surface area (TPSA) is 120 Å². The Bertz CT molecular complexity index is 1220. The largest absolute Gasteiger partial charge is 0.505 e. The summed E-state index contributed by atoms with van der Waals surface area (Å²) in [6.07, 6.45) is 3.00.